The van der Waals surface area contributed by atoms with Gasteiger partial charge in [0.15, 0.2) is 0 Å². The summed E-state index contributed by atoms with van der Waals surface area (Å²) in [6.07, 6.45) is 6.06. The standard InChI is InChI=1S/C29H25F3N4O3/c1-3-34-24-12-9-20(29(30,31)32)17-25(24)35(21-7-5-4-6-8-21)28(39)36(27(34)38)22-10-11-23(26(37)18-22)19-13-15-33(2)16-14-19/h4-18,26,37H,3H2,1-2H3. The second-order valence-corrected chi connectivity index (χ2v) is 9.09. The summed E-state index contributed by atoms with van der Waals surface area (Å²) < 4.78 is 41.1. The maximum atomic E-state index is 14.1. The molecular weight excluding hydrogens is 509 g/mol. The number of allylic oxidation sites excluding steroid dienone is 4. The van der Waals surface area contributed by atoms with Crippen LogP contribution >= 0.6 is 0 Å². The number of aliphatic hydroxyl groups is 1. The zero-order valence-electron chi connectivity index (χ0n) is 21.1. The molecule has 0 saturated carbocycles. The fourth-order valence-corrected chi connectivity index (χ4v) is 4.66. The zero-order chi connectivity index (χ0) is 27.9. The fraction of sp³-hybridized carbons (Fsp3) is 0.172. The van der Waals surface area contributed by atoms with E-state index >= 15 is 0 Å². The third-order valence-electron chi connectivity index (χ3n) is 6.62. The molecule has 2 heterocycles. The summed E-state index contributed by atoms with van der Waals surface area (Å²) in [6, 6.07) is 9.51. The van der Waals surface area contributed by atoms with Gasteiger partial charge in [0.05, 0.1) is 28.3 Å². The van der Waals surface area contributed by atoms with E-state index in [9.17, 15) is 27.9 Å². The van der Waals surface area contributed by atoms with E-state index < -0.39 is 29.9 Å². The zero-order valence-corrected chi connectivity index (χ0v) is 21.1. The molecule has 2 aliphatic heterocycles. The molecule has 0 fully saturated rings. The van der Waals surface area contributed by atoms with E-state index in [1.165, 1.54) is 17.0 Å². The highest BCUT2D eigenvalue weighted by Crippen LogP contribution is 2.43. The Kier molecular flexibility index (Phi) is 6.65. The Hall–Kier alpha value is -4.57. The number of aliphatic hydroxyl groups excluding tert-OH is 1. The lowest BCUT2D eigenvalue weighted by molar-refractivity contribution is -0.137. The number of fused-ring (bicyclic) bond motifs is 1. The molecule has 1 aliphatic carbocycles. The number of halogens is 3. The average Bonchev–Trinajstić information content (AvgIpc) is 2.99. The Morgan fingerprint density at radius 1 is 0.872 bits per heavy atom. The summed E-state index contributed by atoms with van der Waals surface area (Å²) in [7, 11) is 1.86. The molecule has 2 aromatic carbocycles. The molecule has 200 valence electrons. The predicted octanol–water partition coefficient (Wildman–Crippen LogP) is 6.31. The van der Waals surface area contributed by atoms with E-state index in [0.717, 1.165) is 27.5 Å². The quantitative estimate of drug-likeness (QED) is 0.501. The van der Waals surface area contributed by atoms with Crippen molar-refractivity contribution < 1.29 is 27.9 Å². The molecule has 1 N–H and O–H groups in total. The molecule has 0 radical (unpaired) electrons. The van der Waals surface area contributed by atoms with E-state index in [1.54, 1.807) is 49.4 Å². The number of hydrogen-bond donors (Lipinski definition) is 1. The van der Waals surface area contributed by atoms with Crippen LogP contribution in [0.3, 0.4) is 0 Å². The molecule has 39 heavy (non-hydrogen) atoms. The van der Waals surface area contributed by atoms with Gasteiger partial charge in [0.25, 0.3) is 0 Å². The van der Waals surface area contributed by atoms with E-state index in [0.29, 0.717) is 5.57 Å². The summed E-state index contributed by atoms with van der Waals surface area (Å²) in [5.41, 5.74) is 0.836. The normalized spacial score (nSPS) is 19.5. The number of carbonyl (C=O) groups excluding carboxylic acids is 2. The van der Waals surface area contributed by atoms with Crippen LogP contribution in [0.5, 0.6) is 0 Å². The van der Waals surface area contributed by atoms with Crippen LogP contribution in [0.25, 0.3) is 0 Å². The summed E-state index contributed by atoms with van der Waals surface area (Å²) in [5.74, 6) is 0. The second-order valence-electron chi connectivity index (χ2n) is 9.09. The summed E-state index contributed by atoms with van der Waals surface area (Å²) in [4.78, 5) is 33.0. The minimum absolute atomic E-state index is 0.0796. The molecule has 7 nitrogen and oxygen atoms in total. The lowest BCUT2D eigenvalue weighted by Crippen LogP contribution is -2.47. The summed E-state index contributed by atoms with van der Waals surface area (Å²) >= 11 is 0. The average molecular weight is 535 g/mol. The van der Waals surface area contributed by atoms with Gasteiger partial charge in [-0.2, -0.15) is 13.2 Å². The Morgan fingerprint density at radius 3 is 2.18 bits per heavy atom. The molecule has 2 aromatic rings. The molecule has 0 aromatic heterocycles. The lowest BCUT2D eigenvalue weighted by Gasteiger charge is -2.30. The number of amides is 4. The van der Waals surface area contributed by atoms with E-state index in [-0.39, 0.29) is 29.3 Å². The van der Waals surface area contributed by atoms with Crippen LogP contribution in [-0.4, -0.2) is 46.7 Å². The number of imide groups is 1. The molecule has 3 aliphatic rings. The van der Waals surface area contributed by atoms with E-state index in [4.69, 9.17) is 0 Å². The van der Waals surface area contributed by atoms with Crippen molar-refractivity contribution in [3.8, 4) is 0 Å². The first-order chi connectivity index (χ1) is 18.6. The van der Waals surface area contributed by atoms with Gasteiger partial charge in [-0.05, 0) is 72.7 Å². The first-order valence-corrected chi connectivity index (χ1v) is 12.2. The largest absolute Gasteiger partial charge is 0.416 e. The number of urea groups is 2. The number of carbonyl (C=O) groups is 2. The highest BCUT2D eigenvalue weighted by atomic mass is 19.4. The van der Waals surface area contributed by atoms with Crippen LogP contribution in [0.15, 0.2) is 108 Å². The van der Waals surface area contributed by atoms with Gasteiger partial charge in [-0.15, -0.1) is 0 Å². The van der Waals surface area contributed by atoms with Crippen molar-refractivity contribution in [1.29, 1.82) is 0 Å². The van der Waals surface area contributed by atoms with E-state index in [1.807, 2.05) is 36.5 Å². The molecule has 4 amide bonds. The number of anilines is 3. The topological polar surface area (TPSA) is 67.3 Å². The van der Waals surface area contributed by atoms with Crippen LogP contribution in [0.4, 0.5) is 39.8 Å². The van der Waals surface area contributed by atoms with Crippen molar-refractivity contribution >= 4 is 29.1 Å². The smallest absolute Gasteiger partial charge is 0.384 e. The van der Waals surface area contributed by atoms with Gasteiger partial charge in [-0.3, -0.25) is 9.80 Å². The molecule has 0 saturated heterocycles. The van der Waals surface area contributed by atoms with Crippen LogP contribution in [0.1, 0.15) is 12.5 Å². The molecule has 5 rings (SSSR count). The van der Waals surface area contributed by atoms with Crippen LogP contribution < -0.4 is 9.80 Å². The van der Waals surface area contributed by atoms with Crippen LogP contribution in [0, 0.1) is 0 Å². The number of alkyl halides is 3. The minimum Gasteiger partial charge on any atom is -0.384 e. The van der Waals surface area contributed by atoms with Gasteiger partial charge >= 0.3 is 18.2 Å². The van der Waals surface area contributed by atoms with Gasteiger partial charge in [0, 0.05) is 26.0 Å². The van der Waals surface area contributed by atoms with Crippen molar-refractivity contribution in [3.05, 3.63) is 114 Å². The van der Waals surface area contributed by atoms with Crippen molar-refractivity contribution in [2.75, 3.05) is 23.4 Å². The highest BCUT2D eigenvalue weighted by Gasteiger charge is 2.42. The van der Waals surface area contributed by atoms with E-state index in [2.05, 4.69) is 0 Å². The van der Waals surface area contributed by atoms with Crippen LogP contribution in [-0.2, 0) is 6.18 Å². The number of benzene rings is 2. The maximum absolute atomic E-state index is 14.1. The first kappa shape index (κ1) is 26.1. The molecule has 1 unspecified atom stereocenters. The third-order valence-corrected chi connectivity index (χ3v) is 6.62. The summed E-state index contributed by atoms with van der Waals surface area (Å²) in [5, 5.41) is 11.0. The van der Waals surface area contributed by atoms with Crippen molar-refractivity contribution in [1.82, 2.24) is 9.80 Å². The molecule has 0 spiro atoms. The lowest BCUT2D eigenvalue weighted by atomic mass is 9.96. The number of nitrogens with zero attached hydrogens (tertiary/aromatic N) is 4. The van der Waals surface area contributed by atoms with Gasteiger partial charge in [0.1, 0.15) is 6.10 Å². The van der Waals surface area contributed by atoms with Crippen LogP contribution in [0.2, 0.25) is 0 Å². The van der Waals surface area contributed by atoms with Gasteiger partial charge < -0.3 is 10.0 Å². The van der Waals surface area contributed by atoms with Gasteiger partial charge in [0.2, 0.25) is 0 Å². The van der Waals surface area contributed by atoms with Crippen molar-refractivity contribution in [3.63, 3.8) is 0 Å². The molecule has 0 bridgehead atoms. The Labute approximate surface area is 223 Å². The molecule has 1 atom stereocenters. The number of rotatable bonds is 3. The Morgan fingerprint density at radius 2 is 1.56 bits per heavy atom. The van der Waals surface area contributed by atoms with Crippen molar-refractivity contribution in [2.45, 2.75) is 19.2 Å². The monoisotopic (exact) mass is 534 g/mol. The molecule has 10 heteroatoms. The predicted molar refractivity (Wildman–Crippen MR) is 142 cm³/mol. The minimum atomic E-state index is -4.66. The maximum Gasteiger partial charge on any atom is 0.416 e. The molecular formula is C29H25F3N4O3. The Balaban J connectivity index is 1.64. The highest BCUT2D eigenvalue weighted by molar-refractivity contribution is 6.17. The number of para-hydroxylation sites is 1. The van der Waals surface area contributed by atoms with Gasteiger partial charge in [-0.25, -0.2) is 14.5 Å². The van der Waals surface area contributed by atoms with Crippen molar-refractivity contribution in [2.24, 2.45) is 0 Å². The second kappa shape index (κ2) is 9.95. The SMILES string of the molecule is CCN1C(=O)N(C2=CC(O)C(=C3C=CN(C)C=C3)C=C2)C(=O)N(c2ccccc2)c2cc(C(F)(F)F)ccc21. The summed E-state index contributed by atoms with van der Waals surface area (Å²) in [6.45, 7) is 1.75. The fourth-order valence-electron chi connectivity index (χ4n) is 4.66. The third kappa shape index (κ3) is 4.74. The number of hydrogen-bond acceptors (Lipinski definition) is 4. The van der Waals surface area contributed by atoms with Gasteiger partial charge in [-0.1, -0.05) is 24.3 Å². The first-order valence-electron chi connectivity index (χ1n) is 12.2. The Bertz CT molecular complexity index is 1460.